The van der Waals surface area contributed by atoms with E-state index >= 15 is 0 Å². The zero-order chi connectivity index (χ0) is 16.0. The fourth-order valence-electron chi connectivity index (χ4n) is 3.12. The van der Waals surface area contributed by atoms with Gasteiger partial charge in [0.2, 0.25) is 0 Å². The number of hydrogen-bond acceptors (Lipinski definition) is 4. The van der Waals surface area contributed by atoms with Crippen molar-refractivity contribution in [3.63, 3.8) is 0 Å². The minimum atomic E-state index is -0.357. The Morgan fingerprint density at radius 2 is 1.86 bits per heavy atom. The van der Waals surface area contributed by atoms with E-state index in [1.807, 2.05) is 0 Å². The predicted octanol–water partition coefficient (Wildman–Crippen LogP) is 2.73. The third kappa shape index (κ3) is 5.43. The molecule has 1 fully saturated rings. The van der Waals surface area contributed by atoms with E-state index in [4.69, 9.17) is 4.74 Å². The van der Waals surface area contributed by atoms with Crippen LogP contribution in [0.4, 0.5) is 4.79 Å². The van der Waals surface area contributed by atoms with Crippen LogP contribution in [0.25, 0.3) is 0 Å². The second kappa shape index (κ2) is 9.36. The number of amides is 1. The Morgan fingerprint density at radius 1 is 1.27 bits per heavy atom. The normalized spacial score (nSPS) is 22.5. The summed E-state index contributed by atoms with van der Waals surface area (Å²) in [6.07, 6.45) is 0.506. The van der Waals surface area contributed by atoms with Crippen molar-refractivity contribution in [3.05, 3.63) is 0 Å². The van der Waals surface area contributed by atoms with Crippen LogP contribution in [0, 0.1) is 17.3 Å². The number of ether oxygens (including phenoxy) is 1. The van der Waals surface area contributed by atoms with E-state index in [2.05, 4.69) is 37.9 Å². The van der Waals surface area contributed by atoms with Gasteiger partial charge in [0, 0.05) is 19.0 Å². The fraction of sp³-hybridized carbons (Fsp3) is 0.875. The van der Waals surface area contributed by atoms with Crippen LogP contribution in [-0.2, 0) is 9.53 Å². The maximum Gasteiger partial charge on any atom is 0.407 e. The molecule has 1 aliphatic carbocycles. The second-order valence-electron chi connectivity index (χ2n) is 6.46. The van der Waals surface area contributed by atoms with E-state index in [9.17, 15) is 9.59 Å². The Balaban J connectivity index is 0.00000441. The maximum absolute atomic E-state index is 11.7. The van der Waals surface area contributed by atoms with Gasteiger partial charge in [-0.15, -0.1) is 12.4 Å². The van der Waals surface area contributed by atoms with E-state index in [1.54, 1.807) is 6.92 Å². The number of carbonyl (C=O) groups excluding carboxylic acids is 2. The molecule has 0 spiro atoms. The van der Waals surface area contributed by atoms with Gasteiger partial charge in [0.25, 0.3) is 0 Å². The van der Waals surface area contributed by atoms with Crippen molar-refractivity contribution in [2.24, 2.45) is 17.3 Å². The van der Waals surface area contributed by atoms with Crippen molar-refractivity contribution in [2.75, 3.05) is 32.8 Å². The molecule has 6 heteroatoms. The summed E-state index contributed by atoms with van der Waals surface area (Å²) < 4.78 is 5.18. The summed E-state index contributed by atoms with van der Waals surface area (Å²) in [5, 5.41) is 2.82. The van der Waals surface area contributed by atoms with Gasteiger partial charge in [-0.3, -0.25) is 4.79 Å². The Morgan fingerprint density at radius 3 is 2.32 bits per heavy atom. The summed E-state index contributed by atoms with van der Waals surface area (Å²) in [5.74, 6) is 0.725. The van der Waals surface area contributed by atoms with Crippen LogP contribution in [0.1, 0.15) is 41.0 Å². The lowest BCUT2D eigenvalue weighted by molar-refractivity contribution is -0.135. The van der Waals surface area contributed by atoms with E-state index in [0.717, 1.165) is 26.1 Å². The van der Waals surface area contributed by atoms with Gasteiger partial charge in [0.15, 0.2) is 0 Å². The molecule has 0 saturated heterocycles. The lowest BCUT2D eigenvalue weighted by Crippen LogP contribution is -2.52. The Hall–Kier alpha value is -0.810. The summed E-state index contributed by atoms with van der Waals surface area (Å²) >= 11 is 0. The predicted molar refractivity (Wildman–Crippen MR) is 90.4 cm³/mol. The van der Waals surface area contributed by atoms with Gasteiger partial charge in [-0.2, -0.15) is 0 Å². The minimum Gasteiger partial charge on any atom is -0.448 e. The highest BCUT2D eigenvalue weighted by atomic mass is 35.5. The average molecular weight is 335 g/mol. The van der Waals surface area contributed by atoms with Crippen LogP contribution in [0.5, 0.6) is 0 Å². The van der Waals surface area contributed by atoms with Crippen LogP contribution in [0.2, 0.25) is 0 Å². The molecule has 1 amide bonds. The first-order valence-electron chi connectivity index (χ1n) is 7.96. The van der Waals surface area contributed by atoms with Gasteiger partial charge in [0.05, 0.1) is 0 Å². The van der Waals surface area contributed by atoms with Crippen molar-refractivity contribution in [3.8, 4) is 0 Å². The van der Waals surface area contributed by atoms with Crippen molar-refractivity contribution >= 4 is 24.3 Å². The van der Waals surface area contributed by atoms with Crippen LogP contribution in [0.3, 0.4) is 0 Å². The van der Waals surface area contributed by atoms with E-state index in [1.165, 1.54) is 0 Å². The van der Waals surface area contributed by atoms with Gasteiger partial charge >= 0.3 is 6.09 Å². The minimum absolute atomic E-state index is 0. The molecule has 1 rings (SSSR count). The van der Waals surface area contributed by atoms with Gasteiger partial charge in [-0.25, -0.2) is 4.79 Å². The van der Waals surface area contributed by atoms with Crippen LogP contribution in [-0.4, -0.2) is 49.6 Å². The standard InChI is InChI=1S/C16H30N2O3.ClH/c1-6-18(7-2)8-9-21-15(20)17-11-13-10-14(12(3)19)16(13,4)5;/h13-14H,6-11H2,1-5H3,(H,17,20);1H. The van der Waals surface area contributed by atoms with Crippen molar-refractivity contribution in [1.29, 1.82) is 0 Å². The lowest BCUT2D eigenvalue weighted by Gasteiger charge is -2.51. The lowest BCUT2D eigenvalue weighted by atomic mass is 9.53. The first-order chi connectivity index (χ1) is 9.82. The number of ketones is 1. The number of halogens is 1. The van der Waals surface area contributed by atoms with Gasteiger partial charge in [-0.05, 0) is 37.8 Å². The highest BCUT2D eigenvalue weighted by Crippen LogP contribution is 2.51. The van der Waals surface area contributed by atoms with E-state index in [0.29, 0.717) is 19.1 Å². The second-order valence-corrected chi connectivity index (χ2v) is 6.46. The third-order valence-corrected chi connectivity index (χ3v) is 4.99. The Kier molecular flexibility index (Phi) is 9.01. The smallest absolute Gasteiger partial charge is 0.407 e. The van der Waals surface area contributed by atoms with Crippen molar-refractivity contribution in [1.82, 2.24) is 10.2 Å². The summed E-state index contributed by atoms with van der Waals surface area (Å²) in [6.45, 7) is 13.7. The zero-order valence-corrected chi connectivity index (χ0v) is 15.3. The number of nitrogens with zero attached hydrogens (tertiary/aromatic N) is 1. The molecule has 0 radical (unpaired) electrons. The average Bonchev–Trinajstić information content (AvgIpc) is 2.42. The van der Waals surface area contributed by atoms with Crippen LogP contribution < -0.4 is 5.32 Å². The Bertz CT molecular complexity index is 370. The van der Waals surface area contributed by atoms with Gasteiger partial charge < -0.3 is 15.0 Å². The molecule has 1 saturated carbocycles. The van der Waals surface area contributed by atoms with E-state index < -0.39 is 0 Å². The molecule has 130 valence electrons. The maximum atomic E-state index is 11.7. The molecular weight excluding hydrogens is 304 g/mol. The first kappa shape index (κ1) is 21.2. The van der Waals surface area contributed by atoms with Gasteiger partial charge in [-0.1, -0.05) is 27.7 Å². The molecule has 2 unspecified atom stereocenters. The highest BCUT2D eigenvalue weighted by Gasteiger charge is 2.49. The Labute approximate surface area is 140 Å². The van der Waals surface area contributed by atoms with Crippen LogP contribution in [0.15, 0.2) is 0 Å². The number of hydrogen-bond donors (Lipinski definition) is 1. The summed E-state index contributed by atoms with van der Waals surface area (Å²) in [4.78, 5) is 25.3. The number of nitrogens with one attached hydrogen (secondary N) is 1. The highest BCUT2D eigenvalue weighted by molar-refractivity contribution is 5.85. The number of likely N-dealkylation sites (N-methyl/N-ethyl adjacent to an activating group) is 1. The molecule has 1 aliphatic rings. The summed E-state index contributed by atoms with van der Waals surface area (Å²) in [5.41, 5.74) is -0.0274. The molecule has 0 heterocycles. The topological polar surface area (TPSA) is 58.6 Å². The molecular formula is C16H31ClN2O3. The molecule has 0 aromatic rings. The molecule has 0 aromatic carbocycles. The molecule has 0 aliphatic heterocycles. The quantitative estimate of drug-likeness (QED) is 0.741. The molecule has 5 nitrogen and oxygen atoms in total. The van der Waals surface area contributed by atoms with Gasteiger partial charge in [0.1, 0.15) is 12.4 Å². The summed E-state index contributed by atoms with van der Waals surface area (Å²) in [6, 6.07) is 0. The summed E-state index contributed by atoms with van der Waals surface area (Å²) in [7, 11) is 0. The van der Waals surface area contributed by atoms with Crippen LogP contribution >= 0.6 is 12.4 Å². The molecule has 22 heavy (non-hydrogen) atoms. The number of alkyl carbamates (subject to hydrolysis) is 1. The number of carbonyl (C=O) groups is 2. The first-order valence-corrected chi connectivity index (χ1v) is 7.96. The SMILES string of the molecule is CCN(CC)CCOC(=O)NCC1CC(C(C)=O)C1(C)C.Cl. The zero-order valence-electron chi connectivity index (χ0n) is 14.5. The molecule has 2 atom stereocenters. The number of Topliss-reactive ketones (excluding diaryl/α,β-unsaturated/α-hetero) is 1. The molecule has 0 aromatic heterocycles. The van der Waals surface area contributed by atoms with Crippen molar-refractivity contribution in [2.45, 2.75) is 41.0 Å². The monoisotopic (exact) mass is 334 g/mol. The largest absolute Gasteiger partial charge is 0.448 e. The van der Waals surface area contributed by atoms with Crippen molar-refractivity contribution < 1.29 is 14.3 Å². The fourth-order valence-corrected chi connectivity index (χ4v) is 3.12. The van der Waals surface area contributed by atoms with E-state index in [-0.39, 0.29) is 35.6 Å². The molecule has 0 bridgehead atoms. The molecule has 1 N–H and O–H groups in total. The number of rotatable bonds is 8. The third-order valence-electron chi connectivity index (χ3n) is 4.99.